The van der Waals surface area contributed by atoms with Crippen LogP contribution < -0.4 is 5.32 Å². The first kappa shape index (κ1) is 7.14. The van der Waals surface area contributed by atoms with E-state index < -0.39 is 0 Å². The molecule has 1 N–H and O–H groups in total. The molecule has 58 valence electrons. The monoisotopic (exact) mass is 167 g/mol. The van der Waals surface area contributed by atoms with Gasteiger partial charge in [0.1, 0.15) is 0 Å². The Hall–Kier alpha value is -0.530. The van der Waals surface area contributed by atoms with E-state index in [0.717, 1.165) is 11.6 Å². The van der Waals surface area contributed by atoms with E-state index in [2.05, 4.69) is 18.3 Å². The Balaban J connectivity index is 2.48. The number of nitrogens with one attached hydrogen (secondary N) is 1. The normalized spacial score (nSPS) is 21.8. The molecule has 0 aromatic heterocycles. The summed E-state index contributed by atoms with van der Waals surface area (Å²) in [6.07, 6.45) is 0. The van der Waals surface area contributed by atoms with Crippen LogP contribution in [-0.2, 0) is 0 Å². The van der Waals surface area contributed by atoms with E-state index in [1.165, 1.54) is 11.1 Å². The highest BCUT2D eigenvalue weighted by Gasteiger charge is 2.25. The molecule has 1 heterocycles. The van der Waals surface area contributed by atoms with Gasteiger partial charge < -0.3 is 5.32 Å². The first-order chi connectivity index (χ1) is 5.29. The van der Waals surface area contributed by atoms with E-state index >= 15 is 0 Å². The molecule has 0 amide bonds. The van der Waals surface area contributed by atoms with Crippen molar-refractivity contribution >= 4 is 11.6 Å². The van der Waals surface area contributed by atoms with E-state index in [1.54, 1.807) is 0 Å². The van der Waals surface area contributed by atoms with Crippen molar-refractivity contribution in [2.24, 2.45) is 0 Å². The van der Waals surface area contributed by atoms with Gasteiger partial charge in [-0.25, -0.2) is 0 Å². The molecule has 2 heteroatoms. The second-order valence-corrected chi connectivity index (χ2v) is 3.34. The minimum atomic E-state index is 0.517. The molecule has 2 rings (SSSR count). The number of hydrogen-bond acceptors (Lipinski definition) is 1. The lowest BCUT2D eigenvalue weighted by atomic mass is 10.1. The van der Waals surface area contributed by atoms with Crippen LogP contribution in [0.15, 0.2) is 18.2 Å². The van der Waals surface area contributed by atoms with Gasteiger partial charge in [0, 0.05) is 17.6 Å². The van der Waals surface area contributed by atoms with Gasteiger partial charge >= 0.3 is 0 Å². The van der Waals surface area contributed by atoms with Crippen molar-refractivity contribution in [3.05, 3.63) is 34.3 Å². The Kier molecular flexibility index (Phi) is 1.63. The third kappa shape index (κ3) is 1.26. The fraction of sp³-hybridized carbons (Fsp3) is 0.333. The number of aryl methyl sites for hydroxylation is 1. The van der Waals surface area contributed by atoms with Crippen molar-refractivity contribution in [2.45, 2.75) is 13.0 Å². The van der Waals surface area contributed by atoms with Gasteiger partial charge in [-0.2, -0.15) is 0 Å². The van der Waals surface area contributed by atoms with Crippen molar-refractivity contribution in [2.75, 3.05) is 6.54 Å². The number of benzene rings is 1. The van der Waals surface area contributed by atoms with Gasteiger partial charge in [0.15, 0.2) is 0 Å². The molecule has 0 aliphatic carbocycles. The Morgan fingerprint density at radius 3 is 2.82 bits per heavy atom. The van der Waals surface area contributed by atoms with Crippen LogP contribution in [0, 0.1) is 6.92 Å². The SMILES string of the molecule is Cc1cccc(Cl)c1[C@H]1CN1. The van der Waals surface area contributed by atoms with Gasteiger partial charge in [-0.15, -0.1) is 0 Å². The smallest absolute Gasteiger partial charge is 0.0465 e. The average molecular weight is 168 g/mol. The zero-order chi connectivity index (χ0) is 7.84. The van der Waals surface area contributed by atoms with Crippen molar-refractivity contribution in [1.29, 1.82) is 0 Å². The molecule has 1 aliphatic rings. The molecule has 1 fully saturated rings. The predicted octanol–water partition coefficient (Wildman–Crippen LogP) is 2.29. The molecule has 1 aromatic rings. The van der Waals surface area contributed by atoms with Gasteiger partial charge in [0.05, 0.1) is 0 Å². The predicted molar refractivity (Wildman–Crippen MR) is 46.9 cm³/mol. The van der Waals surface area contributed by atoms with Crippen molar-refractivity contribution < 1.29 is 0 Å². The summed E-state index contributed by atoms with van der Waals surface area (Å²) in [5, 5.41) is 4.14. The van der Waals surface area contributed by atoms with Crippen LogP contribution in [0.3, 0.4) is 0 Å². The molecule has 0 bridgehead atoms. The highest BCUT2D eigenvalue weighted by Crippen LogP contribution is 2.31. The summed E-state index contributed by atoms with van der Waals surface area (Å²) in [7, 11) is 0. The highest BCUT2D eigenvalue weighted by atomic mass is 35.5. The van der Waals surface area contributed by atoms with Gasteiger partial charge in [-0.05, 0) is 24.1 Å². The number of halogens is 1. The van der Waals surface area contributed by atoms with Crippen molar-refractivity contribution in [1.82, 2.24) is 5.32 Å². The molecule has 1 aromatic carbocycles. The first-order valence-corrected chi connectivity index (χ1v) is 4.15. The Morgan fingerprint density at radius 2 is 2.27 bits per heavy atom. The summed E-state index contributed by atoms with van der Waals surface area (Å²) >= 11 is 6.02. The molecule has 1 atom stereocenters. The lowest BCUT2D eigenvalue weighted by molar-refractivity contribution is 1.06. The van der Waals surface area contributed by atoms with E-state index in [4.69, 9.17) is 11.6 Å². The van der Waals surface area contributed by atoms with Crippen LogP contribution >= 0.6 is 11.6 Å². The highest BCUT2D eigenvalue weighted by molar-refractivity contribution is 6.31. The van der Waals surface area contributed by atoms with Crippen LogP contribution in [0.4, 0.5) is 0 Å². The third-order valence-electron chi connectivity index (χ3n) is 2.03. The Labute approximate surface area is 71.4 Å². The summed E-state index contributed by atoms with van der Waals surface area (Å²) in [5.41, 5.74) is 2.56. The zero-order valence-electron chi connectivity index (χ0n) is 6.39. The summed E-state index contributed by atoms with van der Waals surface area (Å²) < 4.78 is 0. The zero-order valence-corrected chi connectivity index (χ0v) is 7.15. The molecule has 1 aliphatic heterocycles. The fourth-order valence-electron chi connectivity index (χ4n) is 1.35. The van der Waals surface area contributed by atoms with Gasteiger partial charge in [-0.1, -0.05) is 23.7 Å². The molecule has 0 unspecified atom stereocenters. The molecule has 0 saturated carbocycles. The van der Waals surface area contributed by atoms with Crippen molar-refractivity contribution in [3.63, 3.8) is 0 Å². The van der Waals surface area contributed by atoms with Crippen LogP contribution in [0.1, 0.15) is 17.2 Å². The summed E-state index contributed by atoms with van der Waals surface area (Å²) in [5.74, 6) is 0. The summed E-state index contributed by atoms with van der Waals surface area (Å²) in [6, 6.07) is 6.55. The quantitative estimate of drug-likeness (QED) is 0.637. The van der Waals surface area contributed by atoms with E-state index in [9.17, 15) is 0 Å². The van der Waals surface area contributed by atoms with E-state index in [1.807, 2.05) is 12.1 Å². The van der Waals surface area contributed by atoms with Gasteiger partial charge in [0.2, 0.25) is 0 Å². The Morgan fingerprint density at radius 1 is 1.55 bits per heavy atom. The summed E-state index contributed by atoms with van der Waals surface area (Å²) in [6.45, 7) is 3.17. The second kappa shape index (κ2) is 2.50. The van der Waals surface area contributed by atoms with Crippen LogP contribution in [-0.4, -0.2) is 6.54 Å². The Bertz CT molecular complexity index is 259. The molecular formula is C9H10ClN. The van der Waals surface area contributed by atoms with Gasteiger partial charge in [0.25, 0.3) is 0 Å². The molecule has 1 nitrogen and oxygen atoms in total. The maximum Gasteiger partial charge on any atom is 0.0465 e. The standard InChI is InChI=1S/C9H10ClN/c1-6-3-2-4-7(10)9(6)8-5-11-8/h2-4,8,11H,5H2,1H3/t8-/m1/s1. The lowest BCUT2D eigenvalue weighted by Gasteiger charge is -2.04. The molecule has 0 radical (unpaired) electrons. The maximum absolute atomic E-state index is 6.02. The minimum Gasteiger partial charge on any atom is -0.307 e. The molecule has 11 heavy (non-hydrogen) atoms. The number of rotatable bonds is 1. The third-order valence-corrected chi connectivity index (χ3v) is 2.36. The average Bonchev–Trinajstić information content (AvgIpc) is 2.70. The molecule has 1 saturated heterocycles. The summed E-state index contributed by atoms with van der Waals surface area (Å²) in [4.78, 5) is 0. The lowest BCUT2D eigenvalue weighted by Crippen LogP contribution is -1.89. The van der Waals surface area contributed by atoms with Crippen molar-refractivity contribution in [3.8, 4) is 0 Å². The fourth-order valence-corrected chi connectivity index (χ4v) is 1.70. The minimum absolute atomic E-state index is 0.517. The van der Waals surface area contributed by atoms with Crippen LogP contribution in [0.5, 0.6) is 0 Å². The van der Waals surface area contributed by atoms with Crippen LogP contribution in [0.25, 0.3) is 0 Å². The van der Waals surface area contributed by atoms with E-state index in [-0.39, 0.29) is 0 Å². The number of hydrogen-bond donors (Lipinski definition) is 1. The second-order valence-electron chi connectivity index (χ2n) is 2.93. The van der Waals surface area contributed by atoms with Gasteiger partial charge in [-0.3, -0.25) is 0 Å². The topological polar surface area (TPSA) is 21.9 Å². The first-order valence-electron chi connectivity index (χ1n) is 3.77. The van der Waals surface area contributed by atoms with Crippen LogP contribution in [0.2, 0.25) is 5.02 Å². The molecular weight excluding hydrogens is 158 g/mol. The van der Waals surface area contributed by atoms with E-state index in [0.29, 0.717) is 6.04 Å². The molecule has 0 spiro atoms. The largest absolute Gasteiger partial charge is 0.307 e. The maximum atomic E-state index is 6.02.